The molecule has 2 N–H and O–H groups in total. The lowest BCUT2D eigenvalue weighted by Gasteiger charge is -2.24. The van der Waals surface area contributed by atoms with Crippen LogP contribution < -0.4 is 5.73 Å². The SMILES string of the molecule is NCCN(CC(F)(F)F)C(=O)C1C2CCCC21. The lowest BCUT2D eigenvalue weighted by atomic mass is 10.1. The fraction of sp³-hybridized carbons (Fsp3) is 0.909. The van der Waals surface area contributed by atoms with Crippen molar-refractivity contribution < 1.29 is 18.0 Å². The predicted octanol–water partition coefficient (Wildman–Crippen LogP) is 1.38. The maximum Gasteiger partial charge on any atom is 0.406 e. The third kappa shape index (κ3) is 2.73. The van der Waals surface area contributed by atoms with Gasteiger partial charge in [-0.25, -0.2) is 0 Å². The average molecular weight is 250 g/mol. The summed E-state index contributed by atoms with van der Waals surface area (Å²) >= 11 is 0. The molecule has 2 aliphatic carbocycles. The first-order valence-electron chi connectivity index (χ1n) is 5.99. The zero-order valence-corrected chi connectivity index (χ0v) is 9.54. The maximum atomic E-state index is 12.3. The number of rotatable bonds is 4. The normalized spacial score (nSPS) is 31.2. The van der Waals surface area contributed by atoms with Gasteiger partial charge in [-0.1, -0.05) is 6.42 Å². The van der Waals surface area contributed by atoms with Crippen LogP contribution in [0.4, 0.5) is 13.2 Å². The first-order chi connectivity index (χ1) is 7.94. The smallest absolute Gasteiger partial charge is 0.332 e. The number of halogens is 3. The minimum Gasteiger partial charge on any atom is -0.332 e. The van der Waals surface area contributed by atoms with E-state index in [1.54, 1.807) is 0 Å². The highest BCUT2D eigenvalue weighted by Gasteiger charge is 2.57. The first-order valence-corrected chi connectivity index (χ1v) is 5.99. The van der Waals surface area contributed by atoms with Gasteiger partial charge in [0, 0.05) is 19.0 Å². The van der Waals surface area contributed by atoms with Crippen molar-refractivity contribution in [2.24, 2.45) is 23.5 Å². The summed E-state index contributed by atoms with van der Waals surface area (Å²) < 4.78 is 37.0. The van der Waals surface area contributed by atoms with E-state index in [1.807, 2.05) is 0 Å². The Labute approximate surface area is 98.1 Å². The van der Waals surface area contributed by atoms with Crippen molar-refractivity contribution in [3.05, 3.63) is 0 Å². The van der Waals surface area contributed by atoms with Crippen LogP contribution in [0.1, 0.15) is 19.3 Å². The van der Waals surface area contributed by atoms with E-state index in [0.29, 0.717) is 11.8 Å². The van der Waals surface area contributed by atoms with E-state index in [4.69, 9.17) is 5.73 Å². The maximum absolute atomic E-state index is 12.3. The lowest BCUT2D eigenvalue weighted by Crippen LogP contribution is -2.43. The molecule has 2 atom stereocenters. The van der Waals surface area contributed by atoms with Gasteiger partial charge in [-0.05, 0) is 24.7 Å². The summed E-state index contributed by atoms with van der Waals surface area (Å²) in [6, 6.07) is 0. The van der Waals surface area contributed by atoms with Crippen molar-refractivity contribution in [2.45, 2.75) is 25.4 Å². The van der Waals surface area contributed by atoms with Crippen LogP contribution in [-0.2, 0) is 4.79 Å². The van der Waals surface area contributed by atoms with Crippen LogP contribution in [0.3, 0.4) is 0 Å². The molecule has 0 aromatic rings. The molecule has 0 aromatic heterocycles. The summed E-state index contributed by atoms with van der Waals surface area (Å²) in [5.41, 5.74) is 5.26. The minimum atomic E-state index is -4.34. The Morgan fingerprint density at radius 3 is 2.35 bits per heavy atom. The minimum absolute atomic E-state index is 0.00567. The molecule has 2 saturated carbocycles. The van der Waals surface area contributed by atoms with E-state index in [2.05, 4.69) is 0 Å². The van der Waals surface area contributed by atoms with Gasteiger partial charge < -0.3 is 10.6 Å². The van der Waals surface area contributed by atoms with Gasteiger partial charge in [-0.2, -0.15) is 13.2 Å². The number of amides is 1. The third-order valence-corrected chi connectivity index (χ3v) is 3.77. The van der Waals surface area contributed by atoms with Gasteiger partial charge in [-0.3, -0.25) is 4.79 Å². The van der Waals surface area contributed by atoms with Crippen LogP contribution in [0.25, 0.3) is 0 Å². The molecule has 0 spiro atoms. The van der Waals surface area contributed by atoms with E-state index in [-0.39, 0.29) is 24.9 Å². The molecule has 1 amide bonds. The zero-order chi connectivity index (χ0) is 12.6. The van der Waals surface area contributed by atoms with Crippen molar-refractivity contribution in [1.82, 2.24) is 4.90 Å². The second-order valence-electron chi connectivity index (χ2n) is 4.95. The lowest BCUT2D eigenvalue weighted by molar-refractivity contribution is -0.162. The van der Waals surface area contributed by atoms with Gasteiger partial charge in [0.2, 0.25) is 5.91 Å². The van der Waals surface area contributed by atoms with Crippen LogP contribution in [0, 0.1) is 17.8 Å². The Kier molecular flexibility index (Phi) is 3.34. The van der Waals surface area contributed by atoms with Crippen LogP contribution in [0.2, 0.25) is 0 Å². The van der Waals surface area contributed by atoms with Crippen LogP contribution >= 0.6 is 0 Å². The number of nitrogens with zero attached hydrogens (tertiary/aromatic N) is 1. The summed E-state index contributed by atoms with van der Waals surface area (Å²) in [6.45, 7) is -1.10. The summed E-state index contributed by atoms with van der Waals surface area (Å²) in [5.74, 6) is 0.187. The molecule has 0 heterocycles. The van der Waals surface area contributed by atoms with Crippen LogP contribution in [0.5, 0.6) is 0 Å². The van der Waals surface area contributed by atoms with Gasteiger partial charge in [0.05, 0.1) is 0 Å². The Balaban J connectivity index is 1.94. The summed E-state index contributed by atoms with van der Waals surface area (Å²) in [6.07, 6.45) is -1.25. The van der Waals surface area contributed by atoms with Crippen molar-refractivity contribution >= 4 is 5.91 Å². The molecular weight excluding hydrogens is 233 g/mol. The summed E-state index contributed by atoms with van der Waals surface area (Å²) in [5, 5.41) is 0. The summed E-state index contributed by atoms with van der Waals surface area (Å²) in [7, 11) is 0. The van der Waals surface area contributed by atoms with Crippen LogP contribution in [0.15, 0.2) is 0 Å². The van der Waals surface area contributed by atoms with Gasteiger partial charge in [0.25, 0.3) is 0 Å². The fourth-order valence-corrected chi connectivity index (χ4v) is 3.04. The molecule has 0 bridgehead atoms. The molecule has 2 fully saturated rings. The molecular formula is C11H17F3N2O. The Morgan fingerprint density at radius 2 is 1.88 bits per heavy atom. The monoisotopic (exact) mass is 250 g/mol. The van der Waals surface area contributed by atoms with Crippen molar-refractivity contribution in [2.75, 3.05) is 19.6 Å². The number of carbonyl (C=O) groups is 1. The zero-order valence-electron chi connectivity index (χ0n) is 9.54. The number of alkyl halides is 3. The van der Waals surface area contributed by atoms with E-state index in [0.717, 1.165) is 24.2 Å². The van der Waals surface area contributed by atoms with Gasteiger partial charge in [0.1, 0.15) is 6.54 Å². The van der Waals surface area contributed by atoms with Crippen molar-refractivity contribution in [1.29, 1.82) is 0 Å². The van der Waals surface area contributed by atoms with E-state index >= 15 is 0 Å². The van der Waals surface area contributed by atoms with E-state index in [1.165, 1.54) is 0 Å². The molecule has 0 aromatic carbocycles. The standard InChI is InChI=1S/C11H17F3N2O/c12-11(13,14)6-16(5-4-15)10(17)9-7-2-1-3-8(7)9/h7-9H,1-6,15H2. The quantitative estimate of drug-likeness (QED) is 0.819. The highest BCUT2D eigenvalue weighted by Crippen LogP contribution is 2.58. The number of hydrogen-bond acceptors (Lipinski definition) is 2. The van der Waals surface area contributed by atoms with Crippen molar-refractivity contribution in [3.63, 3.8) is 0 Å². The molecule has 0 saturated heterocycles. The number of fused-ring (bicyclic) bond motifs is 1. The van der Waals surface area contributed by atoms with E-state index in [9.17, 15) is 18.0 Å². The molecule has 6 heteroatoms. The van der Waals surface area contributed by atoms with Gasteiger partial charge in [0.15, 0.2) is 0 Å². The molecule has 2 unspecified atom stereocenters. The topological polar surface area (TPSA) is 46.3 Å². The molecule has 0 radical (unpaired) electrons. The molecule has 2 aliphatic rings. The second-order valence-corrected chi connectivity index (χ2v) is 4.95. The molecule has 17 heavy (non-hydrogen) atoms. The predicted molar refractivity (Wildman–Crippen MR) is 56.0 cm³/mol. The summed E-state index contributed by atoms with van der Waals surface area (Å²) in [4.78, 5) is 12.8. The van der Waals surface area contributed by atoms with Crippen molar-refractivity contribution in [3.8, 4) is 0 Å². The second kappa shape index (κ2) is 4.48. The number of nitrogens with two attached hydrogens (primary N) is 1. The third-order valence-electron chi connectivity index (χ3n) is 3.77. The molecule has 2 rings (SSSR count). The fourth-order valence-electron chi connectivity index (χ4n) is 3.04. The Hall–Kier alpha value is -0.780. The van der Waals surface area contributed by atoms with E-state index < -0.39 is 12.7 Å². The highest BCUT2D eigenvalue weighted by atomic mass is 19.4. The first kappa shape index (κ1) is 12.7. The van der Waals surface area contributed by atoms with Gasteiger partial charge >= 0.3 is 6.18 Å². The highest BCUT2D eigenvalue weighted by molar-refractivity contribution is 5.82. The Bertz CT molecular complexity index is 296. The molecule has 3 nitrogen and oxygen atoms in total. The average Bonchev–Trinajstić information content (AvgIpc) is 2.68. The Morgan fingerprint density at radius 1 is 1.29 bits per heavy atom. The largest absolute Gasteiger partial charge is 0.406 e. The number of carbonyl (C=O) groups excluding carboxylic acids is 1. The molecule has 98 valence electrons. The van der Waals surface area contributed by atoms with Gasteiger partial charge in [-0.15, -0.1) is 0 Å². The molecule has 0 aliphatic heterocycles. The van der Waals surface area contributed by atoms with Crippen LogP contribution in [-0.4, -0.2) is 36.6 Å². The number of hydrogen-bond donors (Lipinski definition) is 1.